The van der Waals surface area contributed by atoms with Crippen molar-refractivity contribution in [2.45, 2.75) is 264 Å². The highest BCUT2D eigenvalue weighted by atomic mass is 31.2. The van der Waals surface area contributed by atoms with Crippen LogP contribution in [0.1, 0.15) is 246 Å². The van der Waals surface area contributed by atoms with E-state index in [-0.39, 0.29) is 25.7 Å². The molecular formula is C81H128O17P2. The molecule has 3 N–H and O–H groups in total. The first-order valence-corrected chi connectivity index (χ1v) is 40.0. The Hall–Kier alpha value is -5.84. The number of unbranched alkanes of at least 4 members (excludes halogenated alkanes) is 12. The third-order valence-electron chi connectivity index (χ3n) is 14.4. The molecule has 0 aromatic carbocycles. The molecule has 0 aromatic heterocycles. The number of carbonyl (C=O) groups excluding carboxylic acids is 4. The molecule has 0 spiro atoms. The molecule has 0 saturated carbocycles. The van der Waals surface area contributed by atoms with Gasteiger partial charge in [0.2, 0.25) is 0 Å². The topological polar surface area (TPSA) is 237 Å². The minimum absolute atomic E-state index is 0.0624. The highest BCUT2D eigenvalue weighted by Gasteiger charge is 2.30. The lowest BCUT2D eigenvalue weighted by atomic mass is 10.1. The van der Waals surface area contributed by atoms with Crippen molar-refractivity contribution in [3.63, 3.8) is 0 Å². The summed E-state index contributed by atoms with van der Waals surface area (Å²) in [6.45, 7) is 4.22. The molecule has 0 aromatic rings. The van der Waals surface area contributed by atoms with Gasteiger partial charge < -0.3 is 33.8 Å². The maximum atomic E-state index is 13.1. The van der Waals surface area contributed by atoms with Crippen LogP contribution in [0.3, 0.4) is 0 Å². The number of phosphoric acid groups is 2. The fourth-order valence-corrected chi connectivity index (χ4v) is 10.4. The van der Waals surface area contributed by atoms with Crippen LogP contribution in [0, 0.1) is 0 Å². The van der Waals surface area contributed by atoms with Crippen molar-refractivity contribution in [1.29, 1.82) is 0 Å². The smallest absolute Gasteiger partial charge is 0.462 e. The van der Waals surface area contributed by atoms with E-state index in [4.69, 9.17) is 37.0 Å². The Balaban J connectivity index is 5.49. The lowest BCUT2D eigenvalue weighted by molar-refractivity contribution is -0.161. The quantitative estimate of drug-likeness (QED) is 0.0169. The van der Waals surface area contributed by atoms with Gasteiger partial charge in [0.05, 0.1) is 32.8 Å². The molecule has 0 aliphatic rings. The largest absolute Gasteiger partial charge is 0.472 e. The zero-order chi connectivity index (χ0) is 73.2. The third kappa shape index (κ3) is 70.6. The molecule has 0 amide bonds. The van der Waals surface area contributed by atoms with Gasteiger partial charge >= 0.3 is 39.5 Å². The molecule has 0 rings (SSSR count). The Bertz CT molecular complexity index is 2620. The van der Waals surface area contributed by atoms with Crippen molar-refractivity contribution < 1.29 is 80.2 Å². The zero-order valence-electron chi connectivity index (χ0n) is 61.3. The molecule has 100 heavy (non-hydrogen) atoms. The number of phosphoric ester groups is 2. The molecule has 0 aliphatic heterocycles. The Morgan fingerprint density at radius 2 is 0.570 bits per heavy atom. The van der Waals surface area contributed by atoms with Gasteiger partial charge in [-0.2, -0.15) is 0 Å². The zero-order valence-corrected chi connectivity index (χ0v) is 63.1. The SMILES string of the molecule is CC/C=C\C/C=C\C/C=C\C/C=C\C/C=C\CCCC(=O)OCC(COP(=O)(O)OCC(O)COP(=O)(O)OCC(COC(=O)CCCCCC/C=C\C/C=C\C/C=C\C/C=C\CC)OC(=O)C/C=C\C/C=C\C/C=C\C/C=C\C/C=C\CC)OC(=O)CCCCCCC/C=C\CCCC. The van der Waals surface area contributed by atoms with Gasteiger partial charge in [0.25, 0.3) is 0 Å². The van der Waals surface area contributed by atoms with Crippen LogP contribution in [0.2, 0.25) is 0 Å². The molecule has 0 aliphatic carbocycles. The monoisotopic (exact) mass is 1430 g/mol. The summed E-state index contributed by atoms with van der Waals surface area (Å²) in [7, 11) is -10.0. The number of carbonyl (C=O) groups is 4. The average molecular weight is 1440 g/mol. The van der Waals surface area contributed by atoms with Crippen molar-refractivity contribution in [1.82, 2.24) is 0 Å². The number of rotatable bonds is 67. The summed E-state index contributed by atoms with van der Waals surface area (Å²) in [6, 6.07) is 0. The van der Waals surface area contributed by atoms with Gasteiger partial charge in [0, 0.05) is 19.3 Å². The maximum absolute atomic E-state index is 13.1. The minimum Gasteiger partial charge on any atom is -0.462 e. The van der Waals surface area contributed by atoms with Gasteiger partial charge in [-0.1, -0.05) is 255 Å². The van der Waals surface area contributed by atoms with Crippen molar-refractivity contribution in [3.8, 4) is 0 Å². The molecule has 0 heterocycles. The van der Waals surface area contributed by atoms with E-state index in [1.165, 1.54) is 6.42 Å². The third-order valence-corrected chi connectivity index (χ3v) is 16.3. The minimum atomic E-state index is -5.02. The van der Waals surface area contributed by atoms with Crippen LogP contribution in [0.4, 0.5) is 0 Å². The van der Waals surface area contributed by atoms with E-state index in [0.29, 0.717) is 32.1 Å². The predicted molar refractivity (Wildman–Crippen MR) is 408 cm³/mol. The molecule has 0 bridgehead atoms. The van der Waals surface area contributed by atoms with Crippen molar-refractivity contribution in [3.05, 3.63) is 182 Å². The van der Waals surface area contributed by atoms with Crippen LogP contribution < -0.4 is 0 Å². The van der Waals surface area contributed by atoms with Crippen LogP contribution >= 0.6 is 15.6 Å². The summed E-state index contributed by atoms with van der Waals surface area (Å²) in [5.41, 5.74) is 0. The molecule has 564 valence electrons. The Morgan fingerprint density at radius 3 is 0.940 bits per heavy atom. The van der Waals surface area contributed by atoms with Crippen molar-refractivity contribution >= 4 is 39.5 Å². The van der Waals surface area contributed by atoms with Crippen LogP contribution in [-0.4, -0.2) is 96.7 Å². The van der Waals surface area contributed by atoms with Crippen LogP contribution in [-0.2, 0) is 65.4 Å². The first-order valence-electron chi connectivity index (χ1n) is 37.0. The van der Waals surface area contributed by atoms with E-state index in [1.807, 2.05) is 24.3 Å². The predicted octanol–water partition coefficient (Wildman–Crippen LogP) is 21.2. The highest BCUT2D eigenvalue weighted by Crippen LogP contribution is 2.45. The Labute approximate surface area is 603 Å². The van der Waals surface area contributed by atoms with E-state index in [1.54, 1.807) is 12.2 Å². The summed E-state index contributed by atoms with van der Waals surface area (Å²) in [6.07, 6.45) is 85.1. The van der Waals surface area contributed by atoms with Gasteiger partial charge in [-0.3, -0.25) is 37.3 Å². The number of esters is 4. The summed E-state index contributed by atoms with van der Waals surface area (Å²) in [5, 5.41) is 10.6. The normalized spacial score (nSPS) is 15.0. The number of ether oxygens (including phenoxy) is 4. The van der Waals surface area contributed by atoms with E-state index < -0.39 is 97.5 Å². The summed E-state index contributed by atoms with van der Waals surface area (Å²) < 4.78 is 68.1. The lowest BCUT2D eigenvalue weighted by Gasteiger charge is -2.21. The standard InChI is InChI=1S/C81H128O17P2/c1-5-9-13-17-21-25-29-32-35-37-40-42-46-49-53-57-61-65-78(83)91-71-76(97-80(85)67-63-59-55-51-45-28-24-20-16-12-8-4)73-95-99(87,88)93-69-75(82)70-94-100(89,90)96-74-77(98-81(86)68-64-60-56-52-48-44-39-34-31-27-23-19-15-11-7-3)72-92-79(84)66-62-58-54-50-47-43-41-38-36-33-30-26-22-18-14-10-6-2/h9-11,13-15,20-27,32-36,39-43,48-49,52-53,60,64,75-77,82H,5-8,12,16-19,28-31,37-38,44-47,50-51,54-59,61-63,65-74H2,1-4H3,(H,87,88)(H,89,90)/b13-9-,14-10-,15-11-,24-20-,25-21-,26-22-,27-23-,35-32-,36-33-,39-34-,42-40-,43-41-,52-48-,53-49-,64-60-. The van der Waals surface area contributed by atoms with Crippen LogP contribution in [0.25, 0.3) is 0 Å². The van der Waals surface area contributed by atoms with Crippen molar-refractivity contribution in [2.24, 2.45) is 0 Å². The second-order valence-electron chi connectivity index (χ2n) is 23.8. The second kappa shape index (κ2) is 71.6. The number of aliphatic hydroxyl groups excluding tert-OH is 1. The molecule has 0 fully saturated rings. The van der Waals surface area contributed by atoms with Crippen LogP contribution in [0.15, 0.2) is 182 Å². The molecule has 17 nitrogen and oxygen atoms in total. The average Bonchev–Trinajstić information content (AvgIpc) is 0.989. The first-order chi connectivity index (χ1) is 48.7. The highest BCUT2D eigenvalue weighted by molar-refractivity contribution is 7.47. The lowest BCUT2D eigenvalue weighted by Crippen LogP contribution is -2.30. The van der Waals surface area contributed by atoms with Gasteiger partial charge in [0.1, 0.15) is 19.3 Å². The number of allylic oxidation sites excluding steroid dienone is 29. The maximum Gasteiger partial charge on any atom is 0.472 e. The van der Waals surface area contributed by atoms with Gasteiger partial charge in [-0.05, 0) is 148 Å². The molecule has 19 heteroatoms. The molecule has 5 unspecified atom stereocenters. The molecule has 5 atom stereocenters. The van der Waals surface area contributed by atoms with Crippen molar-refractivity contribution in [2.75, 3.05) is 39.6 Å². The fourth-order valence-electron chi connectivity index (χ4n) is 8.83. The first kappa shape index (κ1) is 94.2. The number of aliphatic hydroxyl groups is 1. The fraction of sp³-hybridized carbons (Fsp3) is 0.580. The Kier molecular flexibility index (Phi) is 67.4. The van der Waals surface area contributed by atoms with E-state index in [0.717, 1.165) is 154 Å². The second-order valence-corrected chi connectivity index (χ2v) is 26.7. The number of hydrogen-bond acceptors (Lipinski definition) is 15. The molecule has 0 saturated heterocycles. The Morgan fingerprint density at radius 1 is 0.300 bits per heavy atom. The van der Waals surface area contributed by atoms with E-state index in [2.05, 4.69) is 174 Å². The summed E-state index contributed by atoms with van der Waals surface area (Å²) in [4.78, 5) is 72.7. The van der Waals surface area contributed by atoms with Crippen LogP contribution in [0.5, 0.6) is 0 Å². The number of hydrogen-bond donors (Lipinski definition) is 3. The van der Waals surface area contributed by atoms with E-state index >= 15 is 0 Å². The van der Waals surface area contributed by atoms with Gasteiger partial charge in [0.15, 0.2) is 12.2 Å². The molecular weight excluding hydrogens is 1310 g/mol. The van der Waals surface area contributed by atoms with Gasteiger partial charge in [-0.25, -0.2) is 9.13 Å². The summed E-state index contributed by atoms with van der Waals surface area (Å²) in [5.74, 6) is -2.45. The van der Waals surface area contributed by atoms with E-state index in [9.17, 15) is 43.2 Å². The van der Waals surface area contributed by atoms with Gasteiger partial charge in [-0.15, -0.1) is 0 Å². The summed E-state index contributed by atoms with van der Waals surface area (Å²) >= 11 is 0. The molecule has 0 radical (unpaired) electrons.